The van der Waals surface area contributed by atoms with E-state index >= 15 is 0 Å². The van der Waals surface area contributed by atoms with E-state index in [1.165, 1.54) is 12.8 Å². The SMILES string of the molecule is Cl.OCC12CC1CCN2. The van der Waals surface area contributed by atoms with Crippen molar-refractivity contribution in [2.45, 2.75) is 18.4 Å². The maximum Gasteiger partial charge on any atom is 0.0616 e. The molecule has 2 rings (SSSR count). The third-order valence-corrected chi connectivity index (χ3v) is 2.48. The highest BCUT2D eigenvalue weighted by atomic mass is 35.5. The number of nitrogens with one attached hydrogen (secondary N) is 1. The highest BCUT2D eigenvalue weighted by Gasteiger charge is 2.56. The van der Waals surface area contributed by atoms with Crippen LogP contribution in [0.5, 0.6) is 0 Å². The lowest BCUT2D eigenvalue weighted by atomic mass is 10.2. The molecule has 1 heterocycles. The zero-order valence-electron chi connectivity index (χ0n) is 5.26. The smallest absolute Gasteiger partial charge is 0.0616 e. The van der Waals surface area contributed by atoms with Crippen LogP contribution in [0.15, 0.2) is 0 Å². The third-order valence-electron chi connectivity index (χ3n) is 2.48. The van der Waals surface area contributed by atoms with Crippen LogP contribution in [0.3, 0.4) is 0 Å². The van der Waals surface area contributed by atoms with Gasteiger partial charge < -0.3 is 10.4 Å². The average molecular weight is 150 g/mol. The van der Waals surface area contributed by atoms with E-state index in [1.54, 1.807) is 0 Å². The van der Waals surface area contributed by atoms with Gasteiger partial charge in [-0.15, -0.1) is 12.4 Å². The number of rotatable bonds is 1. The first-order valence-electron chi connectivity index (χ1n) is 3.23. The molecule has 3 heteroatoms. The summed E-state index contributed by atoms with van der Waals surface area (Å²) in [5, 5.41) is 12.1. The standard InChI is InChI=1S/C6H11NO.ClH/c8-4-6-3-5(6)1-2-7-6;/h5,7-8H,1-4H2;1H. The predicted octanol–water partition coefficient (Wildman–Crippen LogP) is 0.152. The summed E-state index contributed by atoms with van der Waals surface area (Å²) >= 11 is 0. The van der Waals surface area contributed by atoms with Crippen molar-refractivity contribution in [3.05, 3.63) is 0 Å². The topological polar surface area (TPSA) is 32.3 Å². The van der Waals surface area contributed by atoms with Gasteiger partial charge in [-0.2, -0.15) is 0 Å². The molecule has 1 aliphatic carbocycles. The van der Waals surface area contributed by atoms with Crippen molar-refractivity contribution in [1.82, 2.24) is 5.32 Å². The van der Waals surface area contributed by atoms with E-state index in [9.17, 15) is 0 Å². The number of hydrogen-bond acceptors (Lipinski definition) is 2. The second kappa shape index (κ2) is 2.11. The fourth-order valence-corrected chi connectivity index (χ4v) is 1.72. The van der Waals surface area contributed by atoms with Crippen LogP contribution in [0.4, 0.5) is 0 Å². The Kier molecular flexibility index (Phi) is 1.72. The van der Waals surface area contributed by atoms with Gasteiger partial charge in [0.1, 0.15) is 0 Å². The largest absolute Gasteiger partial charge is 0.394 e. The van der Waals surface area contributed by atoms with Crippen LogP contribution in [-0.4, -0.2) is 23.8 Å². The molecule has 1 aliphatic heterocycles. The first-order valence-corrected chi connectivity index (χ1v) is 3.23. The molecular weight excluding hydrogens is 138 g/mol. The lowest BCUT2D eigenvalue weighted by Gasteiger charge is -2.06. The number of aliphatic hydroxyl groups is 1. The zero-order valence-corrected chi connectivity index (χ0v) is 6.08. The summed E-state index contributed by atoms with van der Waals surface area (Å²) in [6.07, 6.45) is 2.49. The van der Waals surface area contributed by atoms with Gasteiger partial charge in [0.25, 0.3) is 0 Å². The molecule has 54 valence electrons. The van der Waals surface area contributed by atoms with Crippen LogP contribution in [0.2, 0.25) is 0 Å². The van der Waals surface area contributed by atoms with Crippen LogP contribution in [-0.2, 0) is 0 Å². The molecule has 2 unspecified atom stereocenters. The number of aliphatic hydroxyl groups excluding tert-OH is 1. The van der Waals surface area contributed by atoms with Crippen molar-refractivity contribution in [3.8, 4) is 0 Å². The van der Waals surface area contributed by atoms with Gasteiger partial charge in [-0.05, 0) is 25.3 Å². The highest BCUT2D eigenvalue weighted by Crippen LogP contribution is 2.48. The molecule has 0 aromatic rings. The first-order chi connectivity index (χ1) is 3.87. The summed E-state index contributed by atoms with van der Waals surface area (Å²) in [4.78, 5) is 0. The highest BCUT2D eigenvalue weighted by molar-refractivity contribution is 5.85. The molecule has 0 aromatic heterocycles. The van der Waals surface area contributed by atoms with Gasteiger partial charge in [-0.3, -0.25) is 0 Å². The second-order valence-corrected chi connectivity index (χ2v) is 2.93. The van der Waals surface area contributed by atoms with Gasteiger partial charge in [-0.1, -0.05) is 0 Å². The van der Waals surface area contributed by atoms with Crippen LogP contribution in [0, 0.1) is 5.92 Å². The maximum atomic E-state index is 8.80. The molecule has 1 saturated heterocycles. The molecule has 2 atom stereocenters. The van der Waals surface area contributed by atoms with E-state index in [0.717, 1.165) is 12.5 Å². The fraction of sp³-hybridized carbons (Fsp3) is 1.00. The Hall–Kier alpha value is 0.210. The van der Waals surface area contributed by atoms with Gasteiger partial charge >= 0.3 is 0 Å². The van der Waals surface area contributed by atoms with Crippen molar-refractivity contribution in [2.24, 2.45) is 5.92 Å². The number of hydrogen-bond donors (Lipinski definition) is 2. The molecule has 0 bridgehead atoms. The Bertz CT molecular complexity index is 116. The summed E-state index contributed by atoms with van der Waals surface area (Å²) in [5.41, 5.74) is 0.208. The fourth-order valence-electron chi connectivity index (χ4n) is 1.72. The summed E-state index contributed by atoms with van der Waals surface area (Å²) in [6, 6.07) is 0. The van der Waals surface area contributed by atoms with Gasteiger partial charge in [-0.25, -0.2) is 0 Å². The van der Waals surface area contributed by atoms with Gasteiger partial charge in [0.2, 0.25) is 0 Å². The minimum absolute atomic E-state index is 0. The molecule has 2 nitrogen and oxygen atoms in total. The molecule has 9 heavy (non-hydrogen) atoms. The summed E-state index contributed by atoms with van der Waals surface area (Å²) in [5.74, 6) is 0.812. The molecule has 0 amide bonds. The molecule has 2 fully saturated rings. The Morgan fingerprint density at radius 1 is 1.67 bits per heavy atom. The Morgan fingerprint density at radius 3 is 2.67 bits per heavy atom. The first kappa shape index (κ1) is 7.32. The maximum absolute atomic E-state index is 8.80. The van der Waals surface area contributed by atoms with E-state index in [4.69, 9.17) is 5.11 Å². The van der Waals surface area contributed by atoms with Crippen molar-refractivity contribution in [1.29, 1.82) is 0 Å². The van der Waals surface area contributed by atoms with Gasteiger partial charge in [0, 0.05) is 5.54 Å². The van der Waals surface area contributed by atoms with E-state index in [1.807, 2.05) is 0 Å². The van der Waals surface area contributed by atoms with E-state index in [-0.39, 0.29) is 17.9 Å². The van der Waals surface area contributed by atoms with E-state index in [0.29, 0.717) is 6.61 Å². The van der Waals surface area contributed by atoms with Crippen molar-refractivity contribution in [3.63, 3.8) is 0 Å². The van der Waals surface area contributed by atoms with Crippen LogP contribution < -0.4 is 5.32 Å². The number of fused-ring (bicyclic) bond motifs is 1. The lowest BCUT2D eigenvalue weighted by molar-refractivity contribution is 0.236. The molecular formula is C6H12ClNO. The molecule has 2 aliphatic rings. The monoisotopic (exact) mass is 149 g/mol. The zero-order chi connectivity index (χ0) is 5.61. The molecule has 2 N–H and O–H groups in total. The van der Waals surface area contributed by atoms with Gasteiger partial charge in [0.15, 0.2) is 0 Å². The molecule has 0 aromatic carbocycles. The minimum Gasteiger partial charge on any atom is -0.394 e. The average Bonchev–Trinajstić information content (AvgIpc) is 2.38. The summed E-state index contributed by atoms with van der Waals surface area (Å²) in [6.45, 7) is 1.46. The minimum atomic E-state index is 0. The van der Waals surface area contributed by atoms with E-state index < -0.39 is 0 Å². The predicted molar refractivity (Wildman–Crippen MR) is 37.8 cm³/mol. The van der Waals surface area contributed by atoms with E-state index in [2.05, 4.69) is 5.32 Å². The number of halogens is 1. The van der Waals surface area contributed by atoms with Crippen molar-refractivity contribution >= 4 is 12.4 Å². The van der Waals surface area contributed by atoms with Crippen molar-refractivity contribution in [2.75, 3.05) is 13.2 Å². The Balaban J connectivity index is 0.000000405. The van der Waals surface area contributed by atoms with Crippen LogP contribution in [0.1, 0.15) is 12.8 Å². The lowest BCUT2D eigenvalue weighted by Crippen LogP contribution is -2.31. The van der Waals surface area contributed by atoms with Crippen molar-refractivity contribution < 1.29 is 5.11 Å². The molecule has 0 spiro atoms. The van der Waals surface area contributed by atoms with Crippen LogP contribution >= 0.6 is 12.4 Å². The third kappa shape index (κ3) is 0.858. The normalized spacial score (nSPS) is 45.7. The summed E-state index contributed by atoms with van der Waals surface area (Å²) in [7, 11) is 0. The Labute approximate surface area is 61.0 Å². The quantitative estimate of drug-likeness (QED) is 0.557. The second-order valence-electron chi connectivity index (χ2n) is 2.93. The Morgan fingerprint density at radius 2 is 2.44 bits per heavy atom. The van der Waals surface area contributed by atoms with Gasteiger partial charge in [0.05, 0.1) is 6.61 Å². The summed E-state index contributed by atoms with van der Waals surface area (Å²) < 4.78 is 0. The van der Waals surface area contributed by atoms with Crippen LogP contribution in [0.25, 0.3) is 0 Å². The molecule has 1 saturated carbocycles. The molecule has 0 radical (unpaired) electrons. The number of piperidine rings is 1.